The molecule has 3 N–H and O–H groups in total. The molecule has 2 aromatic rings. The number of benzene rings is 2. The average Bonchev–Trinajstić information content (AvgIpc) is 2.40. The van der Waals surface area contributed by atoms with E-state index >= 15 is 0 Å². The van der Waals surface area contributed by atoms with Gasteiger partial charge in [-0.1, -0.05) is 15.9 Å². The molecule has 0 aromatic heterocycles. The topological polar surface area (TPSA) is 102 Å². The van der Waals surface area contributed by atoms with E-state index in [-0.39, 0.29) is 11.5 Å². The lowest BCUT2D eigenvalue weighted by molar-refractivity contribution is -0.384. The first kappa shape index (κ1) is 15.0. The number of nitro benzene ring substituents is 1. The smallest absolute Gasteiger partial charge is 0.269 e. The molecule has 0 aliphatic carbocycles. The van der Waals surface area contributed by atoms with E-state index < -0.39 is 4.92 Å². The van der Waals surface area contributed by atoms with Gasteiger partial charge in [-0.2, -0.15) is 0 Å². The minimum atomic E-state index is -0.461. The molecule has 0 aliphatic heterocycles. The van der Waals surface area contributed by atoms with E-state index in [2.05, 4.69) is 15.9 Å². The van der Waals surface area contributed by atoms with Gasteiger partial charge in [0.15, 0.2) is 0 Å². The number of hydrogen-bond donors (Lipinski definition) is 2. The second-order valence-corrected chi connectivity index (χ2v) is 5.28. The Morgan fingerprint density at radius 2 is 2.00 bits per heavy atom. The third-order valence-electron chi connectivity index (χ3n) is 2.82. The lowest BCUT2D eigenvalue weighted by Gasteiger charge is -2.12. The van der Waals surface area contributed by atoms with Crippen LogP contribution in [0.15, 0.2) is 40.9 Å². The molecule has 2 aromatic carbocycles. The van der Waals surface area contributed by atoms with Crippen LogP contribution < -0.4 is 10.5 Å². The number of ether oxygens (including phenoxy) is 1. The molecular weight excluding hydrogens is 338 g/mol. The molecule has 2 rings (SSSR count). The second kappa shape index (κ2) is 5.92. The molecule has 6 nitrogen and oxygen atoms in total. The van der Waals surface area contributed by atoms with Crippen molar-refractivity contribution in [2.45, 2.75) is 6.92 Å². The molecule has 0 spiro atoms. The number of amidine groups is 1. The lowest BCUT2D eigenvalue weighted by atomic mass is 10.1. The number of halogens is 1. The molecule has 0 amide bonds. The number of nitrogens with zero attached hydrogens (tertiary/aromatic N) is 1. The van der Waals surface area contributed by atoms with Crippen LogP contribution in [0.25, 0.3) is 0 Å². The minimum absolute atomic E-state index is 0.000818. The molecule has 0 heterocycles. The van der Waals surface area contributed by atoms with Gasteiger partial charge in [0.25, 0.3) is 5.69 Å². The third-order valence-corrected chi connectivity index (χ3v) is 3.32. The highest BCUT2D eigenvalue weighted by molar-refractivity contribution is 9.10. The fraction of sp³-hybridized carbons (Fsp3) is 0.0714. The van der Waals surface area contributed by atoms with Crippen molar-refractivity contribution in [2.24, 2.45) is 5.73 Å². The maximum absolute atomic E-state index is 10.7. The summed E-state index contributed by atoms with van der Waals surface area (Å²) >= 11 is 3.33. The number of aryl methyl sites for hydroxylation is 1. The number of nitro groups is 1. The van der Waals surface area contributed by atoms with Gasteiger partial charge in [0.05, 0.1) is 10.5 Å². The van der Waals surface area contributed by atoms with Gasteiger partial charge in [0.1, 0.15) is 17.3 Å². The van der Waals surface area contributed by atoms with E-state index in [0.717, 1.165) is 4.47 Å². The SMILES string of the molecule is Cc1cc([N+](=O)[O-])ccc1Oc1cc(Br)ccc1C(=N)N. The molecule has 0 fully saturated rings. The average molecular weight is 350 g/mol. The van der Waals surface area contributed by atoms with Gasteiger partial charge < -0.3 is 10.5 Å². The van der Waals surface area contributed by atoms with Crippen LogP contribution in [0.3, 0.4) is 0 Å². The maximum Gasteiger partial charge on any atom is 0.269 e. The lowest BCUT2D eigenvalue weighted by Crippen LogP contribution is -2.12. The molecule has 21 heavy (non-hydrogen) atoms. The number of non-ortho nitro benzene ring substituents is 1. The number of hydrogen-bond acceptors (Lipinski definition) is 4. The van der Waals surface area contributed by atoms with Crippen LogP contribution in [-0.4, -0.2) is 10.8 Å². The van der Waals surface area contributed by atoms with Gasteiger partial charge in [0, 0.05) is 16.6 Å². The zero-order valence-electron chi connectivity index (χ0n) is 11.1. The summed E-state index contributed by atoms with van der Waals surface area (Å²) in [6.07, 6.45) is 0. The number of rotatable bonds is 4. The predicted molar refractivity (Wildman–Crippen MR) is 83.1 cm³/mol. The van der Waals surface area contributed by atoms with Crippen LogP contribution >= 0.6 is 15.9 Å². The van der Waals surface area contributed by atoms with Crippen molar-refractivity contribution in [3.8, 4) is 11.5 Å². The van der Waals surface area contributed by atoms with Crippen LogP contribution in [0, 0.1) is 22.4 Å². The molecule has 0 radical (unpaired) electrons. The van der Waals surface area contributed by atoms with Crippen molar-refractivity contribution in [1.29, 1.82) is 5.41 Å². The Hall–Kier alpha value is -2.41. The molecule has 0 bridgehead atoms. The highest BCUT2D eigenvalue weighted by Crippen LogP contribution is 2.31. The standard InChI is InChI=1S/C14H12BrN3O3/c1-8-6-10(18(19)20)3-5-12(8)21-13-7-9(15)2-4-11(13)14(16)17/h2-7H,1H3,(H3,16,17). The van der Waals surface area contributed by atoms with E-state index in [4.69, 9.17) is 15.9 Å². The van der Waals surface area contributed by atoms with E-state index in [1.165, 1.54) is 18.2 Å². The molecule has 0 aliphatic rings. The first-order valence-corrected chi connectivity index (χ1v) is 6.74. The van der Waals surface area contributed by atoms with Crippen molar-refractivity contribution < 1.29 is 9.66 Å². The highest BCUT2D eigenvalue weighted by atomic mass is 79.9. The summed E-state index contributed by atoms with van der Waals surface area (Å²) in [5, 5.41) is 18.3. The normalized spacial score (nSPS) is 10.2. The summed E-state index contributed by atoms with van der Waals surface area (Å²) in [7, 11) is 0. The van der Waals surface area contributed by atoms with Gasteiger partial charge in [-0.25, -0.2) is 0 Å². The van der Waals surface area contributed by atoms with Crippen molar-refractivity contribution in [2.75, 3.05) is 0 Å². The summed E-state index contributed by atoms with van der Waals surface area (Å²) in [5.74, 6) is 0.770. The zero-order valence-corrected chi connectivity index (χ0v) is 12.7. The summed E-state index contributed by atoms with van der Waals surface area (Å²) < 4.78 is 6.52. The van der Waals surface area contributed by atoms with Gasteiger partial charge in [-0.05, 0) is 36.8 Å². The molecule has 7 heteroatoms. The van der Waals surface area contributed by atoms with Gasteiger partial charge in [0.2, 0.25) is 0 Å². The summed E-state index contributed by atoms with van der Waals surface area (Å²) in [6, 6.07) is 9.44. The van der Waals surface area contributed by atoms with Crippen LogP contribution in [-0.2, 0) is 0 Å². The summed E-state index contributed by atoms with van der Waals surface area (Å²) in [5.41, 5.74) is 6.60. The quantitative estimate of drug-likeness (QED) is 0.379. The Balaban J connectivity index is 2.40. The maximum atomic E-state index is 10.7. The Morgan fingerprint density at radius 1 is 1.29 bits per heavy atom. The van der Waals surface area contributed by atoms with Gasteiger partial charge in [-0.3, -0.25) is 15.5 Å². The van der Waals surface area contributed by atoms with E-state index in [9.17, 15) is 10.1 Å². The van der Waals surface area contributed by atoms with Crippen molar-refractivity contribution in [3.05, 3.63) is 62.1 Å². The van der Waals surface area contributed by atoms with Crippen molar-refractivity contribution in [1.82, 2.24) is 0 Å². The fourth-order valence-electron chi connectivity index (χ4n) is 1.78. The summed E-state index contributed by atoms with van der Waals surface area (Å²) in [4.78, 5) is 10.3. The third kappa shape index (κ3) is 3.38. The van der Waals surface area contributed by atoms with E-state index in [1.807, 2.05) is 0 Å². The highest BCUT2D eigenvalue weighted by Gasteiger charge is 2.13. The fourth-order valence-corrected chi connectivity index (χ4v) is 2.12. The van der Waals surface area contributed by atoms with Gasteiger partial charge >= 0.3 is 0 Å². The Labute approximate surface area is 129 Å². The Morgan fingerprint density at radius 3 is 2.57 bits per heavy atom. The second-order valence-electron chi connectivity index (χ2n) is 4.36. The van der Waals surface area contributed by atoms with Crippen molar-refractivity contribution >= 4 is 27.5 Å². The first-order valence-electron chi connectivity index (χ1n) is 5.95. The monoisotopic (exact) mass is 349 g/mol. The van der Waals surface area contributed by atoms with Crippen LogP contribution in [0.1, 0.15) is 11.1 Å². The number of nitrogen functional groups attached to an aromatic ring is 1. The van der Waals surface area contributed by atoms with Gasteiger partial charge in [-0.15, -0.1) is 0 Å². The largest absolute Gasteiger partial charge is 0.456 e. The van der Waals surface area contributed by atoms with Crippen LogP contribution in [0.5, 0.6) is 11.5 Å². The summed E-state index contributed by atoms with van der Waals surface area (Å²) in [6.45, 7) is 1.72. The van der Waals surface area contributed by atoms with Crippen LogP contribution in [0.2, 0.25) is 0 Å². The molecule has 108 valence electrons. The Bertz CT molecular complexity index is 731. The molecule has 0 saturated carbocycles. The molecule has 0 saturated heterocycles. The Kier molecular flexibility index (Phi) is 4.23. The molecule has 0 atom stereocenters. The minimum Gasteiger partial charge on any atom is -0.456 e. The number of nitrogens with two attached hydrogens (primary N) is 1. The van der Waals surface area contributed by atoms with E-state index in [0.29, 0.717) is 22.6 Å². The van der Waals surface area contributed by atoms with Crippen LogP contribution in [0.4, 0.5) is 5.69 Å². The first-order chi connectivity index (χ1) is 9.88. The number of nitrogens with one attached hydrogen (secondary N) is 1. The zero-order chi connectivity index (χ0) is 15.6. The molecule has 0 unspecified atom stereocenters. The van der Waals surface area contributed by atoms with Crippen molar-refractivity contribution in [3.63, 3.8) is 0 Å². The van der Waals surface area contributed by atoms with E-state index in [1.54, 1.807) is 25.1 Å². The molecular formula is C14H12BrN3O3. The predicted octanol–water partition coefficient (Wildman–Crippen LogP) is 3.74.